The molecule has 0 spiro atoms. The standard InChI is InChI=1S/C30H29BrN2O2S/c1-21-9-5-7-13-26(21)33-29(34)28(36-30(33)32-25-11-3-2-4-12-25)19-23-10-6-8-14-27(23)35-20-22-15-17-24(31)18-16-22/h2-4,6,8,10-12,14-19,21,26H,5,7,9,13,20H2,1H3/b28-19-,32-30?/t21-,26-/m0/s1. The van der Waals surface area contributed by atoms with Gasteiger partial charge in [-0.2, -0.15) is 0 Å². The zero-order valence-electron chi connectivity index (χ0n) is 20.3. The van der Waals surface area contributed by atoms with Crippen molar-refractivity contribution in [2.24, 2.45) is 10.9 Å². The summed E-state index contributed by atoms with van der Waals surface area (Å²) in [6, 6.07) is 26.0. The van der Waals surface area contributed by atoms with E-state index >= 15 is 0 Å². The van der Waals surface area contributed by atoms with Crippen LogP contribution in [-0.4, -0.2) is 22.0 Å². The lowest BCUT2D eigenvalue weighted by atomic mass is 9.85. The first-order chi connectivity index (χ1) is 17.6. The Kier molecular flexibility index (Phi) is 7.93. The van der Waals surface area contributed by atoms with E-state index in [0.717, 1.165) is 51.5 Å². The molecule has 1 saturated carbocycles. The van der Waals surface area contributed by atoms with Crippen LogP contribution in [0.15, 0.2) is 93.2 Å². The van der Waals surface area contributed by atoms with Gasteiger partial charge in [0, 0.05) is 16.1 Å². The number of aliphatic imine (C=N–C) groups is 1. The normalized spacial score (nSPS) is 22.4. The van der Waals surface area contributed by atoms with Crippen LogP contribution in [0, 0.1) is 5.92 Å². The predicted octanol–water partition coefficient (Wildman–Crippen LogP) is 8.21. The minimum Gasteiger partial charge on any atom is -0.488 e. The van der Waals surface area contributed by atoms with Crippen LogP contribution < -0.4 is 4.74 Å². The third-order valence-electron chi connectivity index (χ3n) is 6.73. The summed E-state index contributed by atoms with van der Waals surface area (Å²) in [6.45, 7) is 2.72. The third kappa shape index (κ3) is 5.76. The Balaban J connectivity index is 1.44. The number of thioether (sulfide) groups is 1. The van der Waals surface area contributed by atoms with Gasteiger partial charge >= 0.3 is 0 Å². The fraction of sp³-hybridized carbons (Fsp3) is 0.267. The second-order valence-electron chi connectivity index (χ2n) is 9.30. The molecule has 2 aliphatic rings. The average Bonchev–Trinajstić information content (AvgIpc) is 3.19. The molecule has 0 N–H and O–H groups in total. The number of hydrogen-bond acceptors (Lipinski definition) is 4. The molecule has 2 atom stereocenters. The molecule has 1 aliphatic heterocycles. The van der Waals surface area contributed by atoms with E-state index in [9.17, 15) is 4.79 Å². The Morgan fingerprint density at radius 3 is 2.50 bits per heavy atom. The predicted molar refractivity (Wildman–Crippen MR) is 152 cm³/mol. The number of nitrogens with zero attached hydrogens (tertiary/aromatic N) is 2. The van der Waals surface area contributed by atoms with Gasteiger partial charge in [-0.05, 0) is 72.5 Å². The fourth-order valence-electron chi connectivity index (χ4n) is 4.76. The monoisotopic (exact) mass is 560 g/mol. The lowest BCUT2D eigenvalue weighted by Crippen LogP contribution is -2.44. The van der Waals surface area contributed by atoms with E-state index in [1.54, 1.807) is 0 Å². The number of ether oxygens (including phenoxy) is 1. The summed E-state index contributed by atoms with van der Waals surface area (Å²) in [7, 11) is 0. The molecule has 1 amide bonds. The van der Waals surface area contributed by atoms with Crippen LogP contribution in [-0.2, 0) is 11.4 Å². The highest BCUT2D eigenvalue weighted by Crippen LogP contribution is 2.40. The topological polar surface area (TPSA) is 41.9 Å². The second kappa shape index (κ2) is 11.5. The number of para-hydroxylation sites is 2. The minimum absolute atomic E-state index is 0.0381. The zero-order chi connectivity index (χ0) is 24.9. The van der Waals surface area contributed by atoms with Crippen LogP contribution in [0.5, 0.6) is 5.75 Å². The van der Waals surface area contributed by atoms with Gasteiger partial charge in [0.25, 0.3) is 5.91 Å². The van der Waals surface area contributed by atoms with Crippen molar-refractivity contribution in [2.45, 2.75) is 45.3 Å². The highest BCUT2D eigenvalue weighted by molar-refractivity contribution is 9.10. The Morgan fingerprint density at radius 2 is 1.72 bits per heavy atom. The van der Waals surface area contributed by atoms with E-state index < -0.39 is 0 Å². The van der Waals surface area contributed by atoms with Crippen molar-refractivity contribution >= 4 is 50.5 Å². The van der Waals surface area contributed by atoms with E-state index in [1.807, 2.05) is 89.8 Å². The number of amides is 1. The molecule has 0 radical (unpaired) electrons. The molecule has 6 heteroatoms. The van der Waals surface area contributed by atoms with Gasteiger partial charge in [-0.15, -0.1) is 0 Å². The molecule has 2 fully saturated rings. The molecule has 1 heterocycles. The van der Waals surface area contributed by atoms with E-state index in [2.05, 4.69) is 22.9 Å². The molecule has 3 aromatic carbocycles. The smallest absolute Gasteiger partial charge is 0.267 e. The first-order valence-electron chi connectivity index (χ1n) is 12.4. The van der Waals surface area contributed by atoms with E-state index in [-0.39, 0.29) is 11.9 Å². The van der Waals surface area contributed by atoms with E-state index in [0.29, 0.717) is 17.4 Å². The van der Waals surface area contributed by atoms with Gasteiger partial charge in [-0.1, -0.05) is 84.2 Å². The maximum atomic E-state index is 13.8. The Morgan fingerprint density at radius 1 is 1.00 bits per heavy atom. The quantitative estimate of drug-likeness (QED) is 0.285. The van der Waals surface area contributed by atoms with Gasteiger partial charge < -0.3 is 4.74 Å². The summed E-state index contributed by atoms with van der Waals surface area (Å²) >= 11 is 4.94. The van der Waals surface area contributed by atoms with Gasteiger partial charge in [0.1, 0.15) is 12.4 Å². The van der Waals surface area contributed by atoms with Crippen LogP contribution >= 0.6 is 27.7 Å². The third-order valence-corrected chi connectivity index (χ3v) is 8.24. The molecule has 0 aromatic heterocycles. The van der Waals surface area contributed by atoms with Crippen LogP contribution in [0.3, 0.4) is 0 Å². The summed E-state index contributed by atoms with van der Waals surface area (Å²) in [6.07, 6.45) is 6.49. The summed E-state index contributed by atoms with van der Waals surface area (Å²) in [5.41, 5.74) is 2.84. The van der Waals surface area contributed by atoms with Crippen molar-refractivity contribution in [1.82, 2.24) is 4.90 Å². The van der Waals surface area contributed by atoms with Gasteiger partial charge in [0.15, 0.2) is 5.17 Å². The molecule has 4 nitrogen and oxygen atoms in total. The van der Waals surface area contributed by atoms with E-state index in [1.165, 1.54) is 18.2 Å². The fourth-order valence-corrected chi connectivity index (χ4v) is 6.06. The van der Waals surface area contributed by atoms with Crippen molar-refractivity contribution in [3.05, 3.63) is 99.4 Å². The molecule has 0 unspecified atom stereocenters. The zero-order valence-corrected chi connectivity index (χ0v) is 22.7. The highest BCUT2D eigenvalue weighted by Gasteiger charge is 2.41. The SMILES string of the molecule is C[C@H]1CCCC[C@@H]1N1C(=O)/C(=C/c2ccccc2OCc2ccc(Br)cc2)SC1=Nc1ccccc1. The largest absolute Gasteiger partial charge is 0.488 e. The van der Waals surface area contributed by atoms with Crippen LogP contribution in [0.25, 0.3) is 6.08 Å². The van der Waals surface area contributed by atoms with Crippen molar-refractivity contribution in [3.63, 3.8) is 0 Å². The lowest BCUT2D eigenvalue weighted by Gasteiger charge is -2.35. The van der Waals surface area contributed by atoms with Crippen LogP contribution in [0.4, 0.5) is 5.69 Å². The first kappa shape index (κ1) is 24.8. The molecule has 3 aromatic rings. The van der Waals surface area contributed by atoms with Crippen molar-refractivity contribution in [3.8, 4) is 5.75 Å². The maximum Gasteiger partial charge on any atom is 0.267 e. The Hall–Kier alpha value is -2.83. The lowest BCUT2D eigenvalue weighted by molar-refractivity contribution is -0.124. The van der Waals surface area contributed by atoms with Crippen LogP contribution in [0.1, 0.15) is 43.7 Å². The second-order valence-corrected chi connectivity index (χ2v) is 11.2. The number of benzene rings is 3. The Labute approximate surface area is 225 Å². The number of rotatable bonds is 6. The molecule has 184 valence electrons. The summed E-state index contributed by atoms with van der Waals surface area (Å²) in [5, 5.41) is 0.768. The van der Waals surface area contributed by atoms with Crippen molar-refractivity contribution in [1.29, 1.82) is 0 Å². The average molecular weight is 562 g/mol. The maximum absolute atomic E-state index is 13.8. The van der Waals surface area contributed by atoms with Gasteiger partial charge in [-0.3, -0.25) is 9.69 Å². The Bertz CT molecular complexity index is 1270. The van der Waals surface area contributed by atoms with Crippen molar-refractivity contribution in [2.75, 3.05) is 0 Å². The van der Waals surface area contributed by atoms with Gasteiger partial charge in [0.2, 0.25) is 0 Å². The number of carbonyl (C=O) groups excluding carboxylic acids is 1. The minimum atomic E-state index is 0.0381. The molecule has 1 saturated heterocycles. The molecule has 0 bridgehead atoms. The molecular weight excluding hydrogens is 532 g/mol. The molecule has 36 heavy (non-hydrogen) atoms. The number of carbonyl (C=O) groups is 1. The van der Waals surface area contributed by atoms with Crippen molar-refractivity contribution < 1.29 is 9.53 Å². The number of halogens is 1. The number of hydrogen-bond donors (Lipinski definition) is 0. The summed E-state index contributed by atoms with van der Waals surface area (Å²) in [5.74, 6) is 1.24. The summed E-state index contributed by atoms with van der Waals surface area (Å²) in [4.78, 5) is 21.3. The van der Waals surface area contributed by atoms with Gasteiger partial charge in [0.05, 0.1) is 10.6 Å². The molecule has 1 aliphatic carbocycles. The summed E-state index contributed by atoms with van der Waals surface area (Å²) < 4.78 is 7.21. The van der Waals surface area contributed by atoms with E-state index in [4.69, 9.17) is 9.73 Å². The first-order valence-corrected chi connectivity index (χ1v) is 14.0. The number of amidine groups is 1. The molecular formula is C30H29BrN2O2S. The van der Waals surface area contributed by atoms with Gasteiger partial charge in [-0.25, -0.2) is 4.99 Å². The molecule has 5 rings (SSSR count). The van der Waals surface area contributed by atoms with Crippen LogP contribution in [0.2, 0.25) is 0 Å². The highest BCUT2D eigenvalue weighted by atomic mass is 79.9.